The summed E-state index contributed by atoms with van der Waals surface area (Å²) in [5.74, 6) is -0.277. The molecule has 2 rings (SSSR count). The van der Waals surface area contributed by atoms with Crippen LogP contribution in [0, 0.1) is 0 Å². The lowest BCUT2D eigenvalue weighted by atomic mass is 10.3. The first-order valence-corrected chi connectivity index (χ1v) is 9.68. The van der Waals surface area contributed by atoms with Crippen molar-refractivity contribution in [1.82, 2.24) is 4.31 Å². The topological polar surface area (TPSA) is 66.5 Å². The molecule has 0 bridgehead atoms. The number of amides is 1. The Bertz CT molecular complexity index is 781. The van der Waals surface area contributed by atoms with E-state index < -0.39 is 10.0 Å². The number of sulfonamides is 1. The highest BCUT2D eigenvalue weighted by molar-refractivity contribution is 7.89. The van der Waals surface area contributed by atoms with Crippen LogP contribution in [0.1, 0.15) is 23.5 Å². The molecule has 0 saturated carbocycles. The number of benzene rings is 1. The third-order valence-corrected chi connectivity index (χ3v) is 6.55. The molecule has 1 amide bonds. The Kier molecular flexibility index (Phi) is 5.80. The molecule has 0 atom stereocenters. The molecule has 0 aliphatic heterocycles. The van der Waals surface area contributed by atoms with Gasteiger partial charge in [-0.05, 0) is 36.4 Å². The number of nitrogens with zero attached hydrogens (tertiary/aromatic N) is 1. The summed E-state index contributed by atoms with van der Waals surface area (Å²) in [6, 6.07) is 9.42. The van der Waals surface area contributed by atoms with Gasteiger partial charge in [0.15, 0.2) is 0 Å². The van der Waals surface area contributed by atoms with Gasteiger partial charge in [-0.2, -0.15) is 4.31 Å². The molecule has 8 heteroatoms. The molecular formula is C15H17ClN2O3S2. The summed E-state index contributed by atoms with van der Waals surface area (Å²) in [5, 5.41) is 2.71. The lowest BCUT2D eigenvalue weighted by Crippen LogP contribution is -2.30. The van der Waals surface area contributed by atoms with Gasteiger partial charge < -0.3 is 5.32 Å². The number of thiophene rings is 1. The minimum Gasteiger partial charge on any atom is -0.321 e. The Labute approximate surface area is 144 Å². The summed E-state index contributed by atoms with van der Waals surface area (Å²) in [5.41, 5.74) is 0.526. The normalized spacial score (nSPS) is 11.7. The van der Waals surface area contributed by atoms with Crippen molar-refractivity contribution in [3.63, 3.8) is 0 Å². The van der Waals surface area contributed by atoms with Gasteiger partial charge in [-0.1, -0.05) is 25.4 Å². The summed E-state index contributed by atoms with van der Waals surface area (Å²) in [6.45, 7) is 4.41. The highest BCUT2D eigenvalue weighted by Crippen LogP contribution is 2.23. The largest absolute Gasteiger partial charge is 0.321 e. The van der Waals surface area contributed by atoms with Crippen molar-refractivity contribution in [1.29, 1.82) is 0 Å². The highest BCUT2D eigenvalue weighted by atomic mass is 35.5. The van der Waals surface area contributed by atoms with E-state index in [2.05, 4.69) is 5.32 Å². The van der Waals surface area contributed by atoms with Crippen LogP contribution in [0.4, 0.5) is 5.69 Å². The first-order valence-electron chi connectivity index (χ1n) is 7.05. The maximum atomic E-state index is 12.4. The zero-order valence-electron chi connectivity index (χ0n) is 12.7. The van der Waals surface area contributed by atoms with Crippen LogP contribution < -0.4 is 5.32 Å². The molecule has 23 heavy (non-hydrogen) atoms. The standard InChI is InChI=1S/C15H17ClN2O3S2/c1-3-18(4-2)23(20,21)12-7-5-11(6-8-12)17-15(19)13-9-10-14(16)22-13/h5-10H,3-4H2,1-2H3,(H,17,19). The van der Waals surface area contributed by atoms with Crippen molar-refractivity contribution in [3.05, 3.63) is 45.6 Å². The van der Waals surface area contributed by atoms with Gasteiger partial charge in [-0.3, -0.25) is 4.79 Å². The van der Waals surface area contributed by atoms with Crippen LogP contribution in [0.5, 0.6) is 0 Å². The van der Waals surface area contributed by atoms with Crippen LogP contribution in [0.3, 0.4) is 0 Å². The quantitative estimate of drug-likeness (QED) is 0.840. The van der Waals surface area contributed by atoms with E-state index in [0.717, 1.165) is 0 Å². The van der Waals surface area contributed by atoms with Gasteiger partial charge in [0.05, 0.1) is 14.1 Å². The number of halogens is 1. The summed E-state index contributed by atoms with van der Waals surface area (Å²) < 4.78 is 26.7. The number of rotatable bonds is 6. The highest BCUT2D eigenvalue weighted by Gasteiger charge is 2.21. The number of nitrogens with one attached hydrogen (secondary N) is 1. The number of hydrogen-bond donors (Lipinski definition) is 1. The summed E-state index contributed by atoms with van der Waals surface area (Å²) >= 11 is 6.99. The molecule has 1 N–H and O–H groups in total. The van der Waals surface area contributed by atoms with E-state index in [0.29, 0.717) is 28.0 Å². The van der Waals surface area contributed by atoms with E-state index in [1.54, 1.807) is 38.1 Å². The Balaban J connectivity index is 2.15. The van der Waals surface area contributed by atoms with Crippen LogP contribution in [-0.4, -0.2) is 31.7 Å². The number of carbonyl (C=O) groups is 1. The average Bonchev–Trinajstić information content (AvgIpc) is 2.95. The molecule has 1 aromatic carbocycles. The third-order valence-electron chi connectivity index (χ3n) is 3.25. The first kappa shape index (κ1) is 17.9. The Hall–Kier alpha value is -1.41. The van der Waals surface area contributed by atoms with E-state index in [1.165, 1.54) is 27.8 Å². The lowest BCUT2D eigenvalue weighted by molar-refractivity contribution is 0.103. The maximum absolute atomic E-state index is 12.4. The van der Waals surface area contributed by atoms with Gasteiger partial charge in [-0.15, -0.1) is 11.3 Å². The predicted octanol–water partition coefficient (Wildman–Crippen LogP) is 3.68. The SMILES string of the molecule is CCN(CC)S(=O)(=O)c1ccc(NC(=O)c2ccc(Cl)s2)cc1. The fourth-order valence-electron chi connectivity index (χ4n) is 2.05. The lowest BCUT2D eigenvalue weighted by Gasteiger charge is -2.18. The van der Waals surface area contributed by atoms with Gasteiger partial charge in [0.25, 0.3) is 5.91 Å². The van der Waals surface area contributed by atoms with Crippen LogP contribution in [0.15, 0.2) is 41.3 Å². The zero-order chi connectivity index (χ0) is 17.0. The number of hydrogen-bond acceptors (Lipinski definition) is 4. The van der Waals surface area contributed by atoms with E-state index >= 15 is 0 Å². The maximum Gasteiger partial charge on any atom is 0.265 e. The molecule has 5 nitrogen and oxygen atoms in total. The van der Waals surface area contributed by atoms with Gasteiger partial charge in [-0.25, -0.2) is 8.42 Å². The van der Waals surface area contributed by atoms with E-state index in [1.807, 2.05) is 0 Å². The second-order valence-electron chi connectivity index (χ2n) is 4.67. The number of anilines is 1. The molecule has 0 fully saturated rings. The van der Waals surface area contributed by atoms with Crippen molar-refractivity contribution in [2.75, 3.05) is 18.4 Å². The van der Waals surface area contributed by atoms with Crippen molar-refractivity contribution in [2.24, 2.45) is 0 Å². The van der Waals surface area contributed by atoms with Crippen LogP contribution in [0.2, 0.25) is 4.34 Å². The minimum atomic E-state index is -3.49. The van der Waals surface area contributed by atoms with Crippen LogP contribution in [-0.2, 0) is 10.0 Å². The molecule has 1 heterocycles. The predicted molar refractivity (Wildman–Crippen MR) is 93.8 cm³/mol. The molecule has 0 aliphatic rings. The second-order valence-corrected chi connectivity index (χ2v) is 8.32. The van der Waals surface area contributed by atoms with Crippen LogP contribution in [0.25, 0.3) is 0 Å². The third kappa shape index (κ3) is 4.11. The van der Waals surface area contributed by atoms with Crippen molar-refractivity contribution in [3.8, 4) is 0 Å². The Morgan fingerprint density at radius 3 is 2.22 bits per heavy atom. The van der Waals surface area contributed by atoms with Gasteiger partial charge in [0.2, 0.25) is 10.0 Å². The van der Waals surface area contributed by atoms with E-state index in [4.69, 9.17) is 11.6 Å². The van der Waals surface area contributed by atoms with Crippen molar-refractivity contribution >= 4 is 44.6 Å². The molecule has 0 spiro atoms. The van der Waals surface area contributed by atoms with E-state index in [9.17, 15) is 13.2 Å². The molecular weight excluding hydrogens is 356 g/mol. The van der Waals surface area contributed by atoms with E-state index in [-0.39, 0.29) is 10.8 Å². The minimum absolute atomic E-state index is 0.207. The molecule has 124 valence electrons. The average molecular weight is 373 g/mol. The van der Waals surface area contributed by atoms with Crippen molar-refractivity contribution in [2.45, 2.75) is 18.7 Å². The zero-order valence-corrected chi connectivity index (χ0v) is 15.1. The van der Waals surface area contributed by atoms with Gasteiger partial charge in [0, 0.05) is 18.8 Å². The summed E-state index contributed by atoms with van der Waals surface area (Å²) in [4.78, 5) is 12.7. The summed E-state index contributed by atoms with van der Waals surface area (Å²) in [7, 11) is -3.49. The monoisotopic (exact) mass is 372 g/mol. The van der Waals surface area contributed by atoms with Gasteiger partial charge >= 0.3 is 0 Å². The smallest absolute Gasteiger partial charge is 0.265 e. The van der Waals surface area contributed by atoms with Crippen LogP contribution >= 0.6 is 22.9 Å². The second kappa shape index (κ2) is 7.44. The molecule has 0 aliphatic carbocycles. The Morgan fingerprint density at radius 2 is 1.74 bits per heavy atom. The first-order chi connectivity index (χ1) is 10.9. The summed E-state index contributed by atoms with van der Waals surface area (Å²) in [6.07, 6.45) is 0. The number of carbonyl (C=O) groups excluding carboxylic acids is 1. The Morgan fingerprint density at radius 1 is 1.13 bits per heavy atom. The molecule has 0 radical (unpaired) electrons. The van der Waals surface area contributed by atoms with Crippen molar-refractivity contribution < 1.29 is 13.2 Å². The molecule has 0 saturated heterocycles. The molecule has 2 aromatic rings. The molecule has 0 unspecified atom stereocenters. The molecule has 1 aromatic heterocycles. The fraction of sp³-hybridized carbons (Fsp3) is 0.267. The van der Waals surface area contributed by atoms with Gasteiger partial charge in [0.1, 0.15) is 0 Å². The fourth-order valence-corrected chi connectivity index (χ4v) is 4.45.